The number of rotatable bonds is 4. The normalized spacial score (nSPS) is 13.8. The highest BCUT2D eigenvalue weighted by atomic mass is 16.4. The minimum Gasteiger partial charge on any atom is -0.478 e. The van der Waals surface area contributed by atoms with Crippen LogP contribution in [0.4, 0.5) is 11.4 Å². The standard InChI is InChI=1S/C18H14N2O5/c21-15-8-9-16(22)20(15)14-3-1-2-12(10-14)17(23)19-13-6-4-11(5-7-13)18(24)25/h1-7,10H,8-9H2,(H,19,23)(H,24,25). The SMILES string of the molecule is O=C(O)c1ccc(NC(=O)c2cccc(N3C(=O)CCC3=O)c2)cc1. The van der Waals surface area contributed by atoms with Crippen LogP contribution in [0.15, 0.2) is 48.5 Å². The third kappa shape index (κ3) is 3.40. The first-order chi connectivity index (χ1) is 12.0. The number of carboxylic acid groups (broad SMARTS) is 1. The lowest BCUT2D eigenvalue weighted by molar-refractivity contribution is -0.121. The van der Waals surface area contributed by atoms with E-state index >= 15 is 0 Å². The summed E-state index contributed by atoms with van der Waals surface area (Å²) in [6, 6.07) is 12.0. The van der Waals surface area contributed by atoms with Crippen LogP contribution in [0.2, 0.25) is 0 Å². The van der Waals surface area contributed by atoms with Crippen LogP contribution in [-0.2, 0) is 9.59 Å². The first-order valence-electron chi connectivity index (χ1n) is 7.56. The summed E-state index contributed by atoms with van der Waals surface area (Å²) in [5, 5.41) is 11.5. The lowest BCUT2D eigenvalue weighted by Gasteiger charge is -2.14. The fourth-order valence-electron chi connectivity index (χ4n) is 2.55. The van der Waals surface area contributed by atoms with E-state index in [4.69, 9.17) is 5.11 Å². The number of carbonyl (C=O) groups is 4. The largest absolute Gasteiger partial charge is 0.478 e. The number of carbonyl (C=O) groups excluding carboxylic acids is 3. The number of anilines is 2. The van der Waals surface area contributed by atoms with E-state index in [1.807, 2.05) is 0 Å². The summed E-state index contributed by atoms with van der Waals surface area (Å²) in [6.07, 6.45) is 0.344. The van der Waals surface area contributed by atoms with Gasteiger partial charge in [-0.3, -0.25) is 19.3 Å². The van der Waals surface area contributed by atoms with Crippen LogP contribution in [0.3, 0.4) is 0 Å². The molecule has 126 valence electrons. The molecule has 7 heteroatoms. The fourth-order valence-corrected chi connectivity index (χ4v) is 2.55. The van der Waals surface area contributed by atoms with Crippen molar-refractivity contribution >= 4 is 35.1 Å². The van der Waals surface area contributed by atoms with Gasteiger partial charge in [0.1, 0.15) is 0 Å². The van der Waals surface area contributed by atoms with E-state index in [1.54, 1.807) is 18.2 Å². The number of nitrogens with zero attached hydrogens (tertiary/aromatic N) is 1. The average Bonchev–Trinajstić information content (AvgIpc) is 2.94. The van der Waals surface area contributed by atoms with Gasteiger partial charge in [0.15, 0.2) is 0 Å². The van der Waals surface area contributed by atoms with Crippen molar-refractivity contribution in [2.75, 3.05) is 10.2 Å². The third-order valence-corrected chi connectivity index (χ3v) is 3.81. The van der Waals surface area contributed by atoms with Crippen molar-refractivity contribution in [1.82, 2.24) is 0 Å². The molecule has 3 amide bonds. The smallest absolute Gasteiger partial charge is 0.335 e. The monoisotopic (exact) mass is 338 g/mol. The molecule has 2 N–H and O–H groups in total. The van der Waals surface area contributed by atoms with E-state index in [9.17, 15) is 19.2 Å². The lowest BCUT2D eigenvalue weighted by Crippen LogP contribution is -2.28. The Morgan fingerprint density at radius 2 is 1.56 bits per heavy atom. The second kappa shape index (κ2) is 6.56. The van der Waals surface area contributed by atoms with Gasteiger partial charge in [-0.25, -0.2) is 4.79 Å². The molecule has 0 radical (unpaired) electrons. The highest BCUT2D eigenvalue weighted by Gasteiger charge is 2.30. The molecule has 7 nitrogen and oxygen atoms in total. The summed E-state index contributed by atoms with van der Waals surface area (Å²) in [5.74, 6) is -2.05. The Labute approximate surface area is 142 Å². The topological polar surface area (TPSA) is 104 Å². The number of carboxylic acids is 1. The van der Waals surface area contributed by atoms with Crippen molar-refractivity contribution in [1.29, 1.82) is 0 Å². The molecule has 0 spiro atoms. The highest BCUT2D eigenvalue weighted by molar-refractivity contribution is 6.20. The first-order valence-corrected chi connectivity index (χ1v) is 7.56. The number of amides is 3. The number of hydrogen-bond acceptors (Lipinski definition) is 4. The molecule has 1 saturated heterocycles. The van der Waals surface area contributed by atoms with Crippen LogP contribution in [0.1, 0.15) is 33.6 Å². The molecule has 3 rings (SSSR count). The van der Waals surface area contributed by atoms with Crippen LogP contribution < -0.4 is 10.2 Å². The number of aromatic carboxylic acids is 1. The lowest BCUT2D eigenvalue weighted by atomic mass is 10.1. The summed E-state index contributed by atoms with van der Waals surface area (Å²) in [6.45, 7) is 0. The zero-order valence-corrected chi connectivity index (χ0v) is 13.1. The molecule has 25 heavy (non-hydrogen) atoms. The maximum Gasteiger partial charge on any atom is 0.335 e. The van der Waals surface area contributed by atoms with Crippen molar-refractivity contribution < 1.29 is 24.3 Å². The summed E-state index contributed by atoms with van der Waals surface area (Å²) < 4.78 is 0. The molecular formula is C18H14N2O5. The van der Waals surface area contributed by atoms with Gasteiger partial charge in [0.25, 0.3) is 5.91 Å². The van der Waals surface area contributed by atoms with Crippen molar-refractivity contribution in [2.24, 2.45) is 0 Å². The minimum atomic E-state index is -1.05. The molecule has 0 aliphatic carbocycles. The second-order valence-electron chi connectivity index (χ2n) is 5.51. The quantitative estimate of drug-likeness (QED) is 0.833. The predicted octanol–water partition coefficient (Wildman–Crippen LogP) is 2.29. The van der Waals surface area contributed by atoms with Gasteiger partial charge >= 0.3 is 5.97 Å². The molecule has 0 unspecified atom stereocenters. The van der Waals surface area contributed by atoms with E-state index in [-0.39, 0.29) is 35.8 Å². The van der Waals surface area contributed by atoms with E-state index in [1.165, 1.54) is 30.3 Å². The van der Waals surface area contributed by atoms with Gasteiger partial charge in [0.05, 0.1) is 11.3 Å². The molecule has 0 atom stereocenters. The predicted molar refractivity (Wildman–Crippen MR) is 89.5 cm³/mol. The third-order valence-electron chi connectivity index (χ3n) is 3.81. The molecule has 1 heterocycles. The fraction of sp³-hybridized carbons (Fsp3) is 0.111. The number of nitrogens with one attached hydrogen (secondary N) is 1. The van der Waals surface area contributed by atoms with Crippen LogP contribution in [-0.4, -0.2) is 28.8 Å². The Morgan fingerprint density at radius 1 is 0.920 bits per heavy atom. The maximum absolute atomic E-state index is 12.3. The summed E-state index contributed by atoms with van der Waals surface area (Å²) in [4.78, 5) is 47.9. The molecule has 1 aliphatic heterocycles. The van der Waals surface area contributed by atoms with E-state index in [2.05, 4.69) is 5.32 Å². The molecule has 1 fully saturated rings. The summed E-state index contributed by atoms with van der Waals surface area (Å²) in [5.41, 5.74) is 1.20. The Bertz CT molecular complexity index is 857. The average molecular weight is 338 g/mol. The Kier molecular flexibility index (Phi) is 4.30. The van der Waals surface area contributed by atoms with E-state index in [0.717, 1.165) is 4.90 Å². The molecule has 0 aromatic heterocycles. The van der Waals surface area contributed by atoms with Crippen LogP contribution in [0.5, 0.6) is 0 Å². The first kappa shape index (κ1) is 16.4. The zero-order valence-electron chi connectivity index (χ0n) is 13.1. The molecule has 0 bridgehead atoms. The number of imide groups is 1. The van der Waals surface area contributed by atoms with Crippen LogP contribution >= 0.6 is 0 Å². The molecule has 1 aliphatic rings. The van der Waals surface area contributed by atoms with E-state index < -0.39 is 11.9 Å². The zero-order chi connectivity index (χ0) is 18.0. The Hall–Kier alpha value is -3.48. The van der Waals surface area contributed by atoms with Crippen molar-refractivity contribution in [3.05, 3.63) is 59.7 Å². The van der Waals surface area contributed by atoms with Gasteiger partial charge in [0.2, 0.25) is 11.8 Å². The highest BCUT2D eigenvalue weighted by Crippen LogP contribution is 2.23. The maximum atomic E-state index is 12.3. The van der Waals surface area contributed by atoms with Crippen molar-refractivity contribution in [2.45, 2.75) is 12.8 Å². The van der Waals surface area contributed by atoms with Crippen LogP contribution in [0.25, 0.3) is 0 Å². The Morgan fingerprint density at radius 3 is 2.16 bits per heavy atom. The van der Waals surface area contributed by atoms with Crippen molar-refractivity contribution in [3.8, 4) is 0 Å². The molecule has 2 aromatic carbocycles. The number of benzene rings is 2. The van der Waals surface area contributed by atoms with Gasteiger partial charge in [-0.1, -0.05) is 6.07 Å². The summed E-state index contributed by atoms with van der Waals surface area (Å²) in [7, 11) is 0. The molecule has 0 saturated carbocycles. The Balaban J connectivity index is 1.78. The summed E-state index contributed by atoms with van der Waals surface area (Å²) >= 11 is 0. The minimum absolute atomic E-state index is 0.117. The molecular weight excluding hydrogens is 324 g/mol. The van der Waals surface area contributed by atoms with Gasteiger partial charge in [-0.2, -0.15) is 0 Å². The van der Waals surface area contributed by atoms with Gasteiger partial charge in [-0.15, -0.1) is 0 Å². The van der Waals surface area contributed by atoms with Gasteiger partial charge in [0, 0.05) is 24.1 Å². The van der Waals surface area contributed by atoms with Gasteiger partial charge in [-0.05, 0) is 42.5 Å². The second-order valence-corrected chi connectivity index (χ2v) is 5.51. The van der Waals surface area contributed by atoms with E-state index in [0.29, 0.717) is 11.4 Å². The number of hydrogen-bond donors (Lipinski definition) is 2. The van der Waals surface area contributed by atoms with Gasteiger partial charge < -0.3 is 10.4 Å². The van der Waals surface area contributed by atoms with Crippen LogP contribution in [0, 0.1) is 0 Å². The molecule has 2 aromatic rings. The van der Waals surface area contributed by atoms with Crippen molar-refractivity contribution in [3.63, 3.8) is 0 Å².